The topological polar surface area (TPSA) is 74.6 Å². The third-order valence-electron chi connectivity index (χ3n) is 2.61. The van der Waals surface area contributed by atoms with Crippen LogP contribution in [0.2, 0.25) is 0 Å². The Morgan fingerprint density at radius 2 is 1.05 bits per heavy atom. The second kappa shape index (κ2) is 8.70. The van der Waals surface area contributed by atoms with E-state index in [9.17, 15) is 9.59 Å². The predicted octanol–water partition coefficient (Wildman–Crippen LogP) is 4.13. The molecule has 0 aliphatic rings. The summed E-state index contributed by atoms with van der Waals surface area (Å²) in [5.41, 5.74) is 0.989. The summed E-state index contributed by atoms with van der Waals surface area (Å²) in [5.74, 6) is -2.16. The van der Waals surface area contributed by atoms with Gasteiger partial charge in [-0.1, -0.05) is 36.4 Å². The van der Waals surface area contributed by atoms with Gasteiger partial charge in [-0.3, -0.25) is 0 Å². The normalized spacial score (nSPS) is 9.62. The first-order valence-electron chi connectivity index (χ1n) is 5.49. The third-order valence-corrected chi connectivity index (χ3v) is 2.61. The molecule has 0 saturated heterocycles. The van der Waals surface area contributed by atoms with Gasteiger partial charge >= 0.3 is 45.3 Å². The monoisotopic (exact) mass is 375 g/mol. The van der Waals surface area contributed by atoms with Crippen LogP contribution in [0.15, 0.2) is 48.5 Å². The SMILES string of the molecule is O=C(O)c1ccccc1-c1ccccc1C(=O)O.[Cl][Cu][Cl]. The molecule has 115 valence electrons. The van der Waals surface area contributed by atoms with Gasteiger partial charge in [-0.05, 0) is 23.3 Å². The van der Waals surface area contributed by atoms with E-state index in [0.717, 1.165) is 13.1 Å². The molecule has 0 unspecified atom stereocenters. The molecule has 21 heavy (non-hydrogen) atoms. The van der Waals surface area contributed by atoms with Crippen LogP contribution in [-0.4, -0.2) is 22.2 Å². The predicted molar refractivity (Wildman–Crippen MR) is 77.5 cm³/mol. The van der Waals surface area contributed by atoms with Crippen LogP contribution in [0.4, 0.5) is 0 Å². The summed E-state index contributed by atoms with van der Waals surface area (Å²) in [6, 6.07) is 12.7. The minimum absolute atomic E-state index is 0.0891. The number of rotatable bonds is 3. The fraction of sp³-hybridized carbons (Fsp3) is 0. The summed E-state index contributed by atoms with van der Waals surface area (Å²) >= 11 is 0.757. The van der Waals surface area contributed by atoms with E-state index >= 15 is 0 Å². The molecule has 0 aliphatic carbocycles. The van der Waals surface area contributed by atoms with Crippen molar-refractivity contribution in [1.82, 2.24) is 0 Å². The number of carbonyl (C=O) groups is 2. The Bertz CT molecular complexity index is 591. The van der Waals surface area contributed by atoms with Crippen LogP contribution >= 0.6 is 20.2 Å². The number of aromatic carboxylic acids is 2. The van der Waals surface area contributed by atoms with Gasteiger partial charge in [0.1, 0.15) is 0 Å². The fourth-order valence-corrected chi connectivity index (χ4v) is 1.81. The Morgan fingerprint density at radius 3 is 1.33 bits per heavy atom. The number of carboxylic acid groups (broad SMARTS) is 2. The van der Waals surface area contributed by atoms with Crippen LogP contribution < -0.4 is 0 Å². The molecule has 0 aliphatic heterocycles. The molecule has 2 rings (SSSR count). The molecule has 0 saturated carbocycles. The Morgan fingerprint density at radius 1 is 0.762 bits per heavy atom. The van der Waals surface area contributed by atoms with Gasteiger partial charge in [0.25, 0.3) is 0 Å². The summed E-state index contributed by atoms with van der Waals surface area (Å²) in [4.78, 5) is 22.3. The molecular weight excluding hydrogens is 367 g/mol. The van der Waals surface area contributed by atoms with Crippen molar-refractivity contribution in [2.75, 3.05) is 0 Å². The molecule has 0 aromatic heterocycles. The molecule has 0 radical (unpaired) electrons. The number of halogens is 2. The Hall–Kier alpha value is -1.52. The van der Waals surface area contributed by atoms with Crippen molar-refractivity contribution in [3.8, 4) is 11.1 Å². The van der Waals surface area contributed by atoms with E-state index in [4.69, 9.17) is 10.2 Å². The fourth-order valence-electron chi connectivity index (χ4n) is 1.81. The van der Waals surface area contributed by atoms with Crippen molar-refractivity contribution in [2.45, 2.75) is 0 Å². The van der Waals surface area contributed by atoms with Gasteiger partial charge in [-0.2, -0.15) is 0 Å². The van der Waals surface area contributed by atoms with Gasteiger partial charge in [-0.15, -0.1) is 0 Å². The Balaban J connectivity index is 0.000000677. The average Bonchev–Trinajstić information content (AvgIpc) is 2.48. The van der Waals surface area contributed by atoms with E-state index in [1.807, 2.05) is 0 Å². The average molecular weight is 377 g/mol. The zero-order valence-corrected chi connectivity index (χ0v) is 12.8. The molecular formula is C14H10Cl2CuO4. The zero-order chi connectivity index (χ0) is 15.8. The van der Waals surface area contributed by atoms with Crippen molar-refractivity contribution >= 4 is 32.1 Å². The van der Waals surface area contributed by atoms with Gasteiger partial charge in [-0.25, -0.2) is 9.59 Å². The standard InChI is InChI=1S/C14H10O4.2ClH.Cu/c15-13(16)11-7-3-1-5-9(11)10-6-2-4-8-12(10)14(17)18;;;/h1-8H,(H,15,16)(H,17,18);2*1H;/q;;;+2/p-2. The van der Waals surface area contributed by atoms with Gasteiger partial charge in [0.05, 0.1) is 11.1 Å². The van der Waals surface area contributed by atoms with Crippen LogP contribution in [0.25, 0.3) is 11.1 Å². The van der Waals surface area contributed by atoms with Crippen LogP contribution in [-0.2, 0) is 13.1 Å². The van der Waals surface area contributed by atoms with Crippen LogP contribution in [0.5, 0.6) is 0 Å². The summed E-state index contributed by atoms with van der Waals surface area (Å²) < 4.78 is 0. The second-order valence-corrected chi connectivity index (χ2v) is 5.30. The van der Waals surface area contributed by atoms with E-state index < -0.39 is 11.9 Å². The van der Waals surface area contributed by atoms with Crippen molar-refractivity contribution in [3.05, 3.63) is 59.7 Å². The molecule has 0 bridgehead atoms. The zero-order valence-electron chi connectivity index (χ0n) is 10.4. The molecule has 2 aromatic carbocycles. The Labute approximate surface area is 135 Å². The summed E-state index contributed by atoms with van der Waals surface area (Å²) in [6.45, 7) is 0. The molecule has 2 aromatic rings. The number of benzene rings is 2. The first-order valence-corrected chi connectivity index (χ1v) is 8.08. The van der Waals surface area contributed by atoms with Crippen molar-refractivity contribution < 1.29 is 32.9 Å². The molecule has 4 nitrogen and oxygen atoms in total. The maximum atomic E-state index is 11.1. The minimum atomic E-state index is -1.08. The third kappa shape index (κ3) is 4.76. The maximum absolute atomic E-state index is 11.1. The van der Waals surface area contributed by atoms with Crippen molar-refractivity contribution in [1.29, 1.82) is 0 Å². The first-order chi connectivity index (χ1) is 10.0. The molecule has 0 fully saturated rings. The van der Waals surface area contributed by atoms with E-state index in [0.29, 0.717) is 11.1 Å². The van der Waals surface area contributed by atoms with Gasteiger partial charge in [0, 0.05) is 0 Å². The van der Waals surface area contributed by atoms with E-state index in [1.165, 1.54) is 12.1 Å². The molecule has 0 amide bonds. The van der Waals surface area contributed by atoms with Crippen molar-refractivity contribution in [2.24, 2.45) is 0 Å². The van der Waals surface area contributed by atoms with E-state index in [2.05, 4.69) is 20.2 Å². The van der Waals surface area contributed by atoms with Gasteiger partial charge < -0.3 is 10.2 Å². The van der Waals surface area contributed by atoms with Gasteiger partial charge in [0.2, 0.25) is 0 Å². The van der Waals surface area contributed by atoms with Crippen LogP contribution in [0.3, 0.4) is 0 Å². The summed E-state index contributed by atoms with van der Waals surface area (Å²) in [7, 11) is 9.34. The second-order valence-electron chi connectivity index (χ2n) is 3.74. The summed E-state index contributed by atoms with van der Waals surface area (Å²) in [6.07, 6.45) is 0. The van der Waals surface area contributed by atoms with Crippen LogP contribution in [0.1, 0.15) is 20.7 Å². The molecule has 2 N–H and O–H groups in total. The van der Waals surface area contributed by atoms with E-state index in [1.54, 1.807) is 36.4 Å². The van der Waals surface area contributed by atoms with Crippen LogP contribution in [0, 0.1) is 0 Å². The number of hydrogen-bond acceptors (Lipinski definition) is 2. The first kappa shape index (κ1) is 17.5. The Kier molecular flexibility index (Phi) is 7.26. The quantitative estimate of drug-likeness (QED) is 0.790. The molecule has 0 heterocycles. The number of hydrogen-bond donors (Lipinski definition) is 2. The van der Waals surface area contributed by atoms with E-state index in [-0.39, 0.29) is 11.1 Å². The van der Waals surface area contributed by atoms with Gasteiger partial charge in [0.15, 0.2) is 0 Å². The van der Waals surface area contributed by atoms with Crippen molar-refractivity contribution in [3.63, 3.8) is 0 Å². The number of carboxylic acids is 2. The summed E-state index contributed by atoms with van der Waals surface area (Å²) in [5, 5.41) is 18.2. The molecule has 7 heteroatoms. The molecule has 0 atom stereocenters. The molecule has 0 spiro atoms.